The molecule has 2 rings (SSSR count). The van der Waals surface area contributed by atoms with Gasteiger partial charge in [-0.2, -0.15) is 0 Å². The lowest BCUT2D eigenvalue weighted by molar-refractivity contribution is -0.114. The van der Waals surface area contributed by atoms with Gasteiger partial charge in [0.1, 0.15) is 0 Å². The van der Waals surface area contributed by atoms with E-state index in [4.69, 9.17) is 4.74 Å². The van der Waals surface area contributed by atoms with E-state index in [0.717, 1.165) is 25.3 Å². The molecule has 1 aliphatic rings. The topological polar surface area (TPSA) is 41.6 Å². The maximum Gasteiger partial charge on any atom is 0.221 e. The summed E-state index contributed by atoms with van der Waals surface area (Å²) in [5.74, 6) is -0.0384. The summed E-state index contributed by atoms with van der Waals surface area (Å²) in [5.41, 5.74) is 2.11. The number of amides is 1. The largest absolute Gasteiger partial charge is 0.373 e. The van der Waals surface area contributed by atoms with Crippen molar-refractivity contribution >= 4 is 11.6 Å². The van der Waals surface area contributed by atoms with Crippen LogP contribution in [0.3, 0.4) is 0 Å². The van der Waals surface area contributed by atoms with Crippen LogP contribution in [0.2, 0.25) is 0 Å². The zero-order valence-corrected chi connectivity index (χ0v) is 11.8. The van der Waals surface area contributed by atoms with Crippen molar-refractivity contribution in [1.29, 1.82) is 0 Å². The molecule has 104 valence electrons. The number of nitrogens with one attached hydrogen (secondary N) is 1. The molecule has 1 amide bonds. The van der Waals surface area contributed by atoms with E-state index >= 15 is 0 Å². The first kappa shape index (κ1) is 14.0. The number of rotatable bonds is 3. The molecule has 0 unspecified atom stereocenters. The van der Waals surface area contributed by atoms with Crippen molar-refractivity contribution in [2.75, 3.05) is 18.4 Å². The van der Waals surface area contributed by atoms with Gasteiger partial charge in [0, 0.05) is 32.2 Å². The third-order valence-electron chi connectivity index (χ3n) is 3.18. The van der Waals surface area contributed by atoms with Gasteiger partial charge in [0.05, 0.1) is 12.2 Å². The number of morpholine rings is 1. The van der Waals surface area contributed by atoms with Crippen LogP contribution in [-0.4, -0.2) is 36.1 Å². The van der Waals surface area contributed by atoms with Crippen molar-refractivity contribution < 1.29 is 9.53 Å². The molecule has 0 bridgehead atoms. The molecule has 0 spiro atoms. The van der Waals surface area contributed by atoms with Crippen molar-refractivity contribution in [1.82, 2.24) is 4.90 Å². The summed E-state index contributed by atoms with van der Waals surface area (Å²) < 4.78 is 5.73. The van der Waals surface area contributed by atoms with Gasteiger partial charge >= 0.3 is 0 Å². The summed E-state index contributed by atoms with van der Waals surface area (Å²) >= 11 is 0. The number of carbonyl (C=O) groups excluding carboxylic acids is 1. The standard InChI is InChI=1S/C15H22N2O2/c1-11-8-17(9-12(2)19-11)10-14-4-6-15(7-5-14)16-13(3)18/h4-7,11-12H,8-10H2,1-3H3,(H,16,18)/t11-,12+. The Morgan fingerprint density at radius 2 is 1.84 bits per heavy atom. The van der Waals surface area contributed by atoms with Gasteiger partial charge in [0.25, 0.3) is 0 Å². The second kappa shape index (κ2) is 6.17. The predicted molar refractivity (Wildman–Crippen MR) is 76.0 cm³/mol. The van der Waals surface area contributed by atoms with Crippen LogP contribution in [0, 0.1) is 0 Å². The summed E-state index contributed by atoms with van der Waals surface area (Å²) in [5, 5.41) is 2.78. The molecule has 0 saturated carbocycles. The molecule has 0 aliphatic carbocycles. The lowest BCUT2D eigenvalue weighted by Crippen LogP contribution is -2.44. The summed E-state index contributed by atoms with van der Waals surface area (Å²) in [6, 6.07) is 8.03. The quantitative estimate of drug-likeness (QED) is 0.908. The van der Waals surface area contributed by atoms with Crippen LogP contribution in [-0.2, 0) is 16.1 Å². The number of anilines is 1. The van der Waals surface area contributed by atoms with Crippen LogP contribution in [0.4, 0.5) is 5.69 Å². The van der Waals surface area contributed by atoms with Crippen molar-refractivity contribution in [3.63, 3.8) is 0 Å². The number of ether oxygens (including phenoxy) is 1. The molecule has 0 aromatic heterocycles. The Balaban J connectivity index is 1.93. The maximum atomic E-state index is 11.0. The van der Waals surface area contributed by atoms with Gasteiger partial charge in [-0.15, -0.1) is 0 Å². The van der Waals surface area contributed by atoms with Crippen molar-refractivity contribution in [2.45, 2.75) is 39.5 Å². The molecular weight excluding hydrogens is 240 g/mol. The molecule has 1 aliphatic heterocycles. The minimum atomic E-state index is -0.0384. The Labute approximate surface area is 114 Å². The highest BCUT2D eigenvalue weighted by Crippen LogP contribution is 2.16. The van der Waals surface area contributed by atoms with E-state index in [1.54, 1.807) is 0 Å². The first-order valence-corrected chi connectivity index (χ1v) is 6.77. The molecule has 1 saturated heterocycles. The van der Waals surface area contributed by atoms with E-state index in [-0.39, 0.29) is 5.91 Å². The normalized spacial score (nSPS) is 24.2. The fourth-order valence-corrected chi connectivity index (χ4v) is 2.57. The second-order valence-electron chi connectivity index (χ2n) is 5.33. The van der Waals surface area contributed by atoms with Crippen LogP contribution < -0.4 is 5.32 Å². The second-order valence-corrected chi connectivity index (χ2v) is 5.33. The zero-order valence-electron chi connectivity index (χ0n) is 11.8. The van der Waals surface area contributed by atoms with Crippen molar-refractivity contribution in [3.8, 4) is 0 Å². The fourth-order valence-electron chi connectivity index (χ4n) is 2.57. The van der Waals surface area contributed by atoms with Crippen LogP contribution in [0.25, 0.3) is 0 Å². The minimum Gasteiger partial charge on any atom is -0.373 e. The molecule has 1 fully saturated rings. The number of hydrogen-bond acceptors (Lipinski definition) is 3. The highest BCUT2D eigenvalue weighted by atomic mass is 16.5. The molecule has 1 aromatic carbocycles. The average Bonchev–Trinajstić information content (AvgIpc) is 2.29. The zero-order chi connectivity index (χ0) is 13.8. The summed E-state index contributed by atoms with van der Waals surface area (Å²) in [4.78, 5) is 13.4. The molecule has 2 atom stereocenters. The van der Waals surface area contributed by atoms with Gasteiger partial charge in [0.2, 0.25) is 5.91 Å². The lowest BCUT2D eigenvalue weighted by Gasteiger charge is -2.35. The van der Waals surface area contributed by atoms with Gasteiger partial charge < -0.3 is 10.1 Å². The molecule has 19 heavy (non-hydrogen) atoms. The van der Waals surface area contributed by atoms with E-state index in [1.807, 2.05) is 12.1 Å². The van der Waals surface area contributed by atoms with Crippen LogP contribution >= 0.6 is 0 Å². The molecule has 4 nitrogen and oxygen atoms in total. The highest BCUT2D eigenvalue weighted by molar-refractivity contribution is 5.88. The van der Waals surface area contributed by atoms with Crippen LogP contribution in [0.1, 0.15) is 26.3 Å². The monoisotopic (exact) mass is 262 g/mol. The Kier molecular flexibility index (Phi) is 4.56. The van der Waals surface area contributed by atoms with E-state index in [0.29, 0.717) is 12.2 Å². The Morgan fingerprint density at radius 1 is 1.26 bits per heavy atom. The Bertz CT molecular complexity index is 420. The van der Waals surface area contributed by atoms with Crippen LogP contribution in [0.5, 0.6) is 0 Å². The Hall–Kier alpha value is -1.39. The number of nitrogens with zero attached hydrogens (tertiary/aromatic N) is 1. The van der Waals surface area contributed by atoms with Gasteiger partial charge in [0.15, 0.2) is 0 Å². The summed E-state index contributed by atoms with van der Waals surface area (Å²) in [6.07, 6.45) is 0.588. The third-order valence-corrected chi connectivity index (χ3v) is 3.18. The maximum absolute atomic E-state index is 11.0. The van der Waals surface area contributed by atoms with Crippen molar-refractivity contribution in [3.05, 3.63) is 29.8 Å². The van der Waals surface area contributed by atoms with Gasteiger partial charge in [-0.1, -0.05) is 12.1 Å². The predicted octanol–water partition coefficient (Wildman–Crippen LogP) is 2.25. The lowest BCUT2D eigenvalue weighted by atomic mass is 10.1. The molecule has 1 N–H and O–H groups in total. The number of carbonyl (C=O) groups is 1. The fraction of sp³-hybridized carbons (Fsp3) is 0.533. The van der Waals surface area contributed by atoms with Gasteiger partial charge in [-0.3, -0.25) is 9.69 Å². The van der Waals surface area contributed by atoms with E-state index in [1.165, 1.54) is 12.5 Å². The highest BCUT2D eigenvalue weighted by Gasteiger charge is 2.21. The number of hydrogen-bond donors (Lipinski definition) is 1. The average molecular weight is 262 g/mol. The smallest absolute Gasteiger partial charge is 0.221 e. The molecule has 4 heteroatoms. The number of benzene rings is 1. The van der Waals surface area contributed by atoms with E-state index < -0.39 is 0 Å². The summed E-state index contributed by atoms with van der Waals surface area (Å²) in [7, 11) is 0. The molecule has 1 heterocycles. The summed E-state index contributed by atoms with van der Waals surface area (Å²) in [6.45, 7) is 8.61. The van der Waals surface area contributed by atoms with E-state index in [2.05, 4.69) is 36.2 Å². The van der Waals surface area contributed by atoms with Gasteiger partial charge in [-0.05, 0) is 31.5 Å². The van der Waals surface area contributed by atoms with E-state index in [9.17, 15) is 4.79 Å². The molecule has 0 radical (unpaired) electrons. The molecule has 1 aromatic rings. The van der Waals surface area contributed by atoms with Gasteiger partial charge in [-0.25, -0.2) is 0 Å². The minimum absolute atomic E-state index is 0.0384. The first-order chi connectivity index (χ1) is 9.02. The first-order valence-electron chi connectivity index (χ1n) is 6.77. The SMILES string of the molecule is CC(=O)Nc1ccc(CN2C[C@@H](C)O[C@@H](C)C2)cc1. The molecular formula is C15H22N2O2. The van der Waals surface area contributed by atoms with Crippen LogP contribution in [0.15, 0.2) is 24.3 Å². The Morgan fingerprint density at radius 3 is 2.37 bits per heavy atom. The third kappa shape index (κ3) is 4.33. The van der Waals surface area contributed by atoms with Crippen molar-refractivity contribution in [2.24, 2.45) is 0 Å².